The molecule has 1 saturated heterocycles. The second kappa shape index (κ2) is 6.21. The van der Waals surface area contributed by atoms with Gasteiger partial charge in [-0.1, -0.05) is 30.3 Å². The topological polar surface area (TPSA) is 101 Å². The highest BCUT2D eigenvalue weighted by atomic mass is 16.5. The van der Waals surface area contributed by atoms with E-state index in [-0.39, 0.29) is 24.8 Å². The number of piperidine rings is 1. The quantitative estimate of drug-likeness (QED) is 0.815. The minimum atomic E-state index is -1.37. The molecule has 1 amide bonds. The monoisotopic (exact) mass is 332 g/mol. The molecule has 0 aliphatic carbocycles. The zero-order valence-electron chi connectivity index (χ0n) is 13.6. The van der Waals surface area contributed by atoms with Crippen LogP contribution in [0.5, 0.6) is 6.01 Å². The molecule has 2 aromatic rings. The van der Waals surface area contributed by atoms with Gasteiger partial charge in [-0.3, -0.25) is 4.79 Å². The summed E-state index contributed by atoms with van der Waals surface area (Å²) in [5.41, 5.74) is -0.727. The molecule has 0 unspecified atom stereocenters. The van der Waals surface area contributed by atoms with Crippen molar-refractivity contribution in [2.24, 2.45) is 7.05 Å². The Hall–Kier alpha value is -2.45. The summed E-state index contributed by atoms with van der Waals surface area (Å²) in [7, 11) is 3.07. The zero-order chi connectivity index (χ0) is 17.3. The van der Waals surface area contributed by atoms with Gasteiger partial charge in [0.05, 0.1) is 13.7 Å². The Labute approximate surface area is 139 Å². The van der Waals surface area contributed by atoms with Crippen LogP contribution in [0.1, 0.15) is 22.6 Å². The number of benzene rings is 1. The standard InChI is InChI=1S/C16H20N4O4/c1-19-15(24-2)17-13(18-19)14(22)20-9-8-16(23,12(21)10-20)11-6-4-3-5-7-11/h3-7,12,21,23H,8-10H2,1-2H3/t12-,16-/m0/s1. The van der Waals surface area contributed by atoms with Gasteiger partial charge >= 0.3 is 6.01 Å². The lowest BCUT2D eigenvalue weighted by molar-refractivity contribution is -0.118. The van der Waals surface area contributed by atoms with Crippen molar-refractivity contribution in [2.75, 3.05) is 20.2 Å². The summed E-state index contributed by atoms with van der Waals surface area (Å²) >= 11 is 0. The molecule has 128 valence electrons. The van der Waals surface area contributed by atoms with Gasteiger partial charge < -0.3 is 19.8 Å². The van der Waals surface area contributed by atoms with Crippen molar-refractivity contribution in [3.63, 3.8) is 0 Å². The average Bonchev–Trinajstić information content (AvgIpc) is 2.98. The van der Waals surface area contributed by atoms with Gasteiger partial charge in [0.2, 0.25) is 5.82 Å². The van der Waals surface area contributed by atoms with Crippen molar-refractivity contribution in [3.05, 3.63) is 41.7 Å². The molecule has 0 spiro atoms. The lowest BCUT2D eigenvalue weighted by Crippen LogP contribution is -2.55. The number of nitrogens with zero attached hydrogens (tertiary/aromatic N) is 4. The van der Waals surface area contributed by atoms with Crippen LogP contribution in [0.15, 0.2) is 30.3 Å². The van der Waals surface area contributed by atoms with Crippen LogP contribution in [0.4, 0.5) is 0 Å². The first-order valence-electron chi connectivity index (χ1n) is 7.66. The molecule has 0 radical (unpaired) electrons. The first kappa shape index (κ1) is 16.4. The van der Waals surface area contributed by atoms with Crippen LogP contribution in [-0.4, -0.2) is 62.1 Å². The summed E-state index contributed by atoms with van der Waals surface area (Å²) in [4.78, 5) is 18.0. The predicted octanol–water partition coefficient (Wildman–Crippen LogP) is -0.0817. The Morgan fingerprint density at radius 1 is 1.38 bits per heavy atom. The zero-order valence-corrected chi connectivity index (χ0v) is 13.6. The Morgan fingerprint density at radius 2 is 2.08 bits per heavy atom. The molecule has 0 saturated carbocycles. The van der Waals surface area contributed by atoms with E-state index in [9.17, 15) is 15.0 Å². The van der Waals surface area contributed by atoms with Crippen molar-refractivity contribution in [2.45, 2.75) is 18.1 Å². The first-order valence-corrected chi connectivity index (χ1v) is 7.66. The van der Waals surface area contributed by atoms with Crippen molar-refractivity contribution < 1.29 is 19.7 Å². The molecule has 2 atom stereocenters. The molecule has 2 heterocycles. The number of aromatic nitrogens is 3. The molecule has 1 aliphatic rings. The summed E-state index contributed by atoms with van der Waals surface area (Å²) < 4.78 is 6.37. The van der Waals surface area contributed by atoms with Gasteiger partial charge in [0.25, 0.3) is 5.91 Å². The molecule has 1 aliphatic heterocycles. The maximum Gasteiger partial charge on any atom is 0.314 e. The number of aryl methyl sites for hydroxylation is 1. The molecule has 8 heteroatoms. The maximum atomic E-state index is 12.5. The van der Waals surface area contributed by atoms with E-state index < -0.39 is 17.6 Å². The predicted molar refractivity (Wildman–Crippen MR) is 84.4 cm³/mol. The number of methoxy groups -OCH3 is 1. The molecule has 0 bridgehead atoms. The number of hydrogen-bond acceptors (Lipinski definition) is 6. The number of β-amino-alcohol motifs (C(OH)–C–C–N with tert-alkyl or cyclic N) is 1. The number of carbonyl (C=O) groups excluding carboxylic acids is 1. The van der Waals surface area contributed by atoms with Crippen LogP contribution in [0.2, 0.25) is 0 Å². The largest absolute Gasteiger partial charge is 0.467 e. The maximum absolute atomic E-state index is 12.5. The first-order chi connectivity index (χ1) is 11.5. The smallest absolute Gasteiger partial charge is 0.314 e. The molecule has 8 nitrogen and oxygen atoms in total. The fourth-order valence-electron chi connectivity index (χ4n) is 2.95. The molecule has 1 aromatic carbocycles. The summed E-state index contributed by atoms with van der Waals surface area (Å²) in [5, 5.41) is 25.3. The average molecular weight is 332 g/mol. The van der Waals surface area contributed by atoms with E-state index >= 15 is 0 Å². The van der Waals surface area contributed by atoms with Gasteiger partial charge in [-0.15, -0.1) is 5.10 Å². The van der Waals surface area contributed by atoms with E-state index in [1.807, 2.05) is 18.2 Å². The SMILES string of the molecule is COc1nc(C(=O)N2CC[C@](O)(c3ccccc3)[C@@H](O)C2)nn1C. The van der Waals surface area contributed by atoms with Gasteiger partial charge in [-0.25, -0.2) is 4.68 Å². The van der Waals surface area contributed by atoms with E-state index in [1.54, 1.807) is 19.2 Å². The van der Waals surface area contributed by atoms with Gasteiger partial charge in [-0.2, -0.15) is 4.98 Å². The van der Waals surface area contributed by atoms with Crippen molar-refractivity contribution in [3.8, 4) is 6.01 Å². The highest BCUT2D eigenvalue weighted by molar-refractivity contribution is 5.90. The Kier molecular flexibility index (Phi) is 4.25. The summed E-state index contributed by atoms with van der Waals surface area (Å²) in [6, 6.07) is 9.23. The van der Waals surface area contributed by atoms with Crippen LogP contribution in [0, 0.1) is 0 Å². The minimum absolute atomic E-state index is 0.00476. The molecule has 1 fully saturated rings. The molecule has 2 N–H and O–H groups in total. The lowest BCUT2D eigenvalue weighted by atomic mass is 9.82. The number of amides is 1. The van der Waals surface area contributed by atoms with Gasteiger partial charge in [-0.05, 0) is 5.56 Å². The molecular weight excluding hydrogens is 312 g/mol. The molecular formula is C16H20N4O4. The normalized spacial score (nSPS) is 24.0. The Morgan fingerprint density at radius 3 is 2.67 bits per heavy atom. The fourth-order valence-corrected chi connectivity index (χ4v) is 2.95. The third kappa shape index (κ3) is 2.74. The van der Waals surface area contributed by atoms with E-state index in [1.165, 1.54) is 16.7 Å². The Balaban J connectivity index is 1.76. The highest BCUT2D eigenvalue weighted by Crippen LogP contribution is 2.33. The summed E-state index contributed by atoms with van der Waals surface area (Å²) in [6.07, 6.45) is -0.864. The molecule has 24 heavy (non-hydrogen) atoms. The van der Waals surface area contributed by atoms with Crippen LogP contribution in [0.3, 0.4) is 0 Å². The third-order valence-corrected chi connectivity index (χ3v) is 4.37. The second-order valence-corrected chi connectivity index (χ2v) is 5.85. The van der Waals surface area contributed by atoms with Gasteiger partial charge in [0.15, 0.2) is 0 Å². The van der Waals surface area contributed by atoms with E-state index in [0.717, 1.165) is 0 Å². The third-order valence-electron chi connectivity index (χ3n) is 4.37. The summed E-state index contributed by atoms with van der Waals surface area (Å²) in [5.74, 6) is -0.394. The number of likely N-dealkylation sites (tertiary alicyclic amines) is 1. The van der Waals surface area contributed by atoms with Gasteiger partial charge in [0.1, 0.15) is 11.7 Å². The molecule has 1 aromatic heterocycles. The number of aliphatic hydroxyl groups is 2. The number of ether oxygens (including phenoxy) is 1. The highest BCUT2D eigenvalue weighted by Gasteiger charge is 2.43. The second-order valence-electron chi connectivity index (χ2n) is 5.85. The van der Waals surface area contributed by atoms with E-state index in [0.29, 0.717) is 12.1 Å². The number of hydrogen-bond donors (Lipinski definition) is 2. The fraction of sp³-hybridized carbons (Fsp3) is 0.438. The Bertz CT molecular complexity index is 733. The minimum Gasteiger partial charge on any atom is -0.467 e. The number of aliphatic hydroxyl groups excluding tert-OH is 1. The van der Waals surface area contributed by atoms with Crippen molar-refractivity contribution >= 4 is 5.91 Å². The summed E-state index contributed by atoms with van der Waals surface area (Å²) in [6.45, 7) is 0.298. The molecule has 3 rings (SSSR count). The van der Waals surface area contributed by atoms with Gasteiger partial charge in [0, 0.05) is 20.0 Å². The lowest BCUT2D eigenvalue weighted by Gasteiger charge is -2.42. The number of carbonyl (C=O) groups is 1. The van der Waals surface area contributed by atoms with E-state index in [2.05, 4.69) is 10.1 Å². The van der Waals surface area contributed by atoms with Crippen LogP contribution in [-0.2, 0) is 12.6 Å². The van der Waals surface area contributed by atoms with E-state index in [4.69, 9.17) is 4.74 Å². The van der Waals surface area contributed by atoms with Crippen molar-refractivity contribution in [1.82, 2.24) is 19.7 Å². The van der Waals surface area contributed by atoms with Crippen LogP contribution < -0.4 is 4.74 Å². The number of rotatable bonds is 3. The van der Waals surface area contributed by atoms with Crippen LogP contribution in [0.25, 0.3) is 0 Å². The van der Waals surface area contributed by atoms with Crippen LogP contribution >= 0.6 is 0 Å². The van der Waals surface area contributed by atoms with Crippen molar-refractivity contribution in [1.29, 1.82) is 0 Å².